The van der Waals surface area contributed by atoms with E-state index in [4.69, 9.17) is 0 Å². The fourth-order valence-electron chi connectivity index (χ4n) is 7.69. The third-order valence-corrected chi connectivity index (χ3v) is 9.88. The van der Waals surface area contributed by atoms with E-state index in [2.05, 4.69) is 172 Å². The van der Waals surface area contributed by atoms with Gasteiger partial charge in [-0.05, 0) is 68.8 Å². The second kappa shape index (κ2) is 10.9. The van der Waals surface area contributed by atoms with Crippen molar-refractivity contribution < 1.29 is 0 Å². The second-order valence-corrected chi connectivity index (χ2v) is 13.0. The van der Waals surface area contributed by atoms with Crippen LogP contribution >= 0.6 is 0 Å². The molecule has 2 aliphatic carbocycles. The lowest BCUT2D eigenvalue weighted by molar-refractivity contribution is 0.660. The van der Waals surface area contributed by atoms with Crippen molar-refractivity contribution in [3.63, 3.8) is 0 Å². The van der Waals surface area contributed by atoms with E-state index in [1.54, 1.807) is 0 Å². The number of hydrogen-bond acceptors (Lipinski definition) is 1. The second-order valence-electron chi connectivity index (χ2n) is 13.0. The normalized spacial score (nSPS) is 14.4. The molecule has 0 fully saturated rings. The van der Waals surface area contributed by atoms with Gasteiger partial charge in [0.15, 0.2) is 0 Å². The van der Waals surface area contributed by atoms with E-state index >= 15 is 0 Å². The van der Waals surface area contributed by atoms with Gasteiger partial charge in [-0.25, -0.2) is 0 Å². The lowest BCUT2D eigenvalue weighted by Gasteiger charge is -2.32. The predicted molar refractivity (Wildman–Crippen MR) is 193 cm³/mol. The van der Waals surface area contributed by atoms with Gasteiger partial charge in [0.25, 0.3) is 0 Å². The Balaban J connectivity index is 0.00000160. The van der Waals surface area contributed by atoms with Gasteiger partial charge in [-0.1, -0.05) is 157 Å². The number of fused-ring (bicyclic) bond motifs is 6. The quantitative estimate of drug-likeness (QED) is 0.199. The van der Waals surface area contributed by atoms with E-state index in [9.17, 15) is 0 Å². The average Bonchev–Trinajstić information content (AvgIpc) is 3.46. The highest BCUT2D eigenvalue weighted by molar-refractivity contribution is 5.98. The Morgan fingerprint density at radius 1 is 0.400 bits per heavy atom. The Kier molecular flexibility index (Phi) is 7.01. The van der Waals surface area contributed by atoms with Gasteiger partial charge in [-0.3, -0.25) is 0 Å². The number of anilines is 3. The topological polar surface area (TPSA) is 3.24 Å². The Labute approximate surface area is 268 Å². The first-order valence-electron chi connectivity index (χ1n) is 16.3. The van der Waals surface area contributed by atoms with Gasteiger partial charge >= 0.3 is 0 Å². The van der Waals surface area contributed by atoms with E-state index in [0.29, 0.717) is 0 Å². The van der Waals surface area contributed by atoms with Gasteiger partial charge in [0.05, 0.1) is 11.4 Å². The minimum absolute atomic E-state index is 0.0753. The zero-order valence-corrected chi connectivity index (χ0v) is 27.2. The molecule has 0 bridgehead atoms. The van der Waals surface area contributed by atoms with Crippen LogP contribution in [0.5, 0.6) is 0 Å². The SMILES string of the molecule is CC.CC1(C)c2ccccc2-c2ccc(N(c3ccccc3-c3ccccc3)c3cccc4c3-c3ccccc3C4(C)C)cc21. The van der Waals surface area contributed by atoms with Crippen molar-refractivity contribution in [1.29, 1.82) is 0 Å². The van der Waals surface area contributed by atoms with Crippen LogP contribution in [0.15, 0.2) is 140 Å². The van der Waals surface area contributed by atoms with E-state index in [0.717, 1.165) is 0 Å². The molecule has 0 atom stereocenters. The first-order valence-corrected chi connectivity index (χ1v) is 16.3. The molecule has 0 radical (unpaired) electrons. The minimum atomic E-state index is -0.0836. The van der Waals surface area contributed by atoms with E-state index in [1.807, 2.05) is 13.8 Å². The molecule has 0 aliphatic heterocycles. The summed E-state index contributed by atoms with van der Waals surface area (Å²) in [6, 6.07) is 51.5. The van der Waals surface area contributed by atoms with Gasteiger partial charge in [-0.2, -0.15) is 0 Å². The zero-order valence-electron chi connectivity index (χ0n) is 27.2. The smallest absolute Gasteiger partial charge is 0.0543 e. The molecule has 6 aromatic carbocycles. The number of hydrogen-bond donors (Lipinski definition) is 0. The molecule has 0 unspecified atom stereocenters. The van der Waals surface area contributed by atoms with Crippen LogP contribution in [0.25, 0.3) is 33.4 Å². The highest BCUT2D eigenvalue weighted by Gasteiger charge is 2.39. The van der Waals surface area contributed by atoms with E-state index < -0.39 is 0 Å². The molecular formula is C44H41N. The Morgan fingerprint density at radius 3 is 1.64 bits per heavy atom. The maximum Gasteiger partial charge on any atom is 0.0543 e. The average molecular weight is 584 g/mol. The lowest BCUT2D eigenvalue weighted by Crippen LogP contribution is -2.18. The van der Waals surface area contributed by atoms with Crippen LogP contribution in [0, 0.1) is 0 Å². The van der Waals surface area contributed by atoms with Gasteiger partial charge in [-0.15, -0.1) is 0 Å². The van der Waals surface area contributed by atoms with Crippen LogP contribution in [0.1, 0.15) is 63.8 Å². The van der Waals surface area contributed by atoms with Crippen LogP contribution < -0.4 is 4.90 Å². The third kappa shape index (κ3) is 4.37. The largest absolute Gasteiger partial charge is 0.309 e. The molecule has 2 aliphatic rings. The van der Waals surface area contributed by atoms with Crippen LogP contribution in [-0.4, -0.2) is 0 Å². The fraction of sp³-hybridized carbons (Fsp3) is 0.182. The van der Waals surface area contributed by atoms with Crippen molar-refractivity contribution >= 4 is 17.1 Å². The minimum Gasteiger partial charge on any atom is -0.309 e. The molecule has 0 saturated carbocycles. The molecule has 45 heavy (non-hydrogen) atoms. The highest BCUT2D eigenvalue weighted by Crippen LogP contribution is 2.56. The summed E-state index contributed by atoms with van der Waals surface area (Å²) < 4.78 is 0. The number of rotatable bonds is 4. The van der Waals surface area contributed by atoms with Crippen molar-refractivity contribution in [2.24, 2.45) is 0 Å². The van der Waals surface area contributed by atoms with Crippen molar-refractivity contribution in [2.75, 3.05) is 4.90 Å². The molecule has 222 valence electrons. The summed E-state index contributed by atoms with van der Waals surface area (Å²) in [5.74, 6) is 0. The molecule has 6 aromatic rings. The Bertz CT molecular complexity index is 2030. The lowest BCUT2D eigenvalue weighted by atomic mass is 9.82. The van der Waals surface area contributed by atoms with Crippen molar-refractivity contribution in [3.8, 4) is 33.4 Å². The molecular weight excluding hydrogens is 542 g/mol. The van der Waals surface area contributed by atoms with Crippen molar-refractivity contribution in [1.82, 2.24) is 0 Å². The molecule has 0 spiro atoms. The summed E-state index contributed by atoms with van der Waals surface area (Å²) in [7, 11) is 0. The number of benzene rings is 6. The van der Waals surface area contributed by atoms with Gasteiger partial charge < -0.3 is 4.90 Å². The van der Waals surface area contributed by atoms with E-state index in [-0.39, 0.29) is 10.8 Å². The van der Waals surface area contributed by atoms with Crippen LogP contribution in [-0.2, 0) is 10.8 Å². The first-order chi connectivity index (χ1) is 21.9. The number of para-hydroxylation sites is 1. The molecule has 1 nitrogen and oxygen atoms in total. The molecule has 0 heterocycles. The summed E-state index contributed by atoms with van der Waals surface area (Å²) >= 11 is 0. The molecule has 8 rings (SSSR count). The summed E-state index contributed by atoms with van der Waals surface area (Å²) in [4.78, 5) is 2.51. The van der Waals surface area contributed by atoms with Gasteiger partial charge in [0.1, 0.15) is 0 Å². The van der Waals surface area contributed by atoms with Crippen molar-refractivity contribution in [3.05, 3.63) is 162 Å². The monoisotopic (exact) mass is 583 g/mol. The maximum atomic E-state index is 2.51. The molecule has 0 amide bonds. The van der Waals surface area contributed by atoms with Gasteiger partial charge in [0.2, 0.25) is 0 Å². The summed E-state index contributed by atoms with van der Waals surface area (Å²) in [6.45, 7) is 13.4. The fourth-order valence-corrected chi connectivity index (χ4v) is 7.69. The predicted octanol–water partition coefficient (Wildman–Crippen LogP) is 12.5. The molecule has 1 heteroatoms. The molecule has 0 aromatic heterocycles. The Hall–Kier alpha value is -4.88. The van der Waals surface area contributed by atoms with Crippen LogP contribution in [0.2, 0.25) is 0 Å². The summed E-state index contributed by atoms with van der Waals surface area (Å²) in [5.41, 5.74) is 16.7. The third-order valence-electron chi connectivity index (χ3n) is 9.88. The van der Waals surface area contributed by atoms with Crippen LogP contribution in [0.3, 0.4) is 0 Å². The van der Waals surface area contributed by atoms with Gasteiger partial charge in [0, 0.05) is 27.6 Å². The Morgan fingerprint density at radius 2 is 0.911 bits per heavy atom. The van der Waals surface area contributed by atoms with Crippen LogP contribution in [0.4, 0.5) is 17.1 Å². The number of nitrogens with zero attached hydrogens (tertiary/aromatic N) is 1. The van der Waals surface area contributed by atoms with E-state index in [1.165, 1.54) is 72.7 Å². The van der Waals surface area contributed by atoms with Crippen molar-refractivity contribution in [2.45, 2.75) is 52.4 Å². The first kappa shape index (κ1) is 28.9. The molecule has 0 saturated heterocycles. The zero-order chi connectivity index (χ0) is 31.3. The highest BCUT2D eigenvalue weighted by atomic mass is 15.1. The molecule has 0 N–H and O–H groups in total. The standard InChI is InChI=1S/C42H35N.C2H6/c1-41(2)35-21-12-9-19-33(35)40-36(41)22-14-24-39(40)43(38-23-13-10-17-30(38)28-15-6-5-7-16-28)29-25-26-32-31-18-8-11-20-34(31)42(3,4)37(32)27-29;1-2/h5-27H,1-4H3;1-2H3. The summed E-state index contributed by atoms with van der Waals surface area (Å²) in [5, 5.41) is 0. The maximum absolute atomic E-state index is 2.51. The summed E-state index contributed by atoms with van der Waals surface area (Å²) in [6.07, 6.45) is 0.